The molecule has 0 aliphatic heterocycles. The average Bonchev–Trinajstić information content (AvgIpc) is 2.38. The molecule has 1 aromatic heterocycles. The Labute approximate surface area is 65.3 Å². The molecule has 1 aromatic rings. The highest BCUT2D eigenvalue weighted by Gasteiger charge is 2.18. The van der Waals surface area contributed by atoms with Crippen molar-refractivity contribution < 1.29 is 0 Å². The van der Waals surface area contributed by atoms with Crippen molar-refractivity contribution in [3.8, 4) is 0 Å². The lowest BCUT2D eigenvalue weighted by atomic mass is 10.1. The van der Waals surface area contributed by atoms with Gasteiger partial charge >= 0.3 is 0 Å². The van der Waals surface area contributed by atoms with Crippen LogP contribution in [0.15, 0.2) is 11.7 Å². The molecular weight excluding hydrogens is 144 g/mol. The van der Waals surface area contributed by atoms with Gasteiger partial charge in [-0.1, -0.05) is 0 Å². The Morgan fingerprint density at radius 3 is 2.70 bits per heavy atom. The molecule has 3 heteroatoms. The van der Waals surface area contributed by atoms with Crippen LogP contribution in [0.1, 0.15) is 18.7 Å². The van der Waals surface area contributed by atoms with Gasteiger partial charge < -0.3 is 5.32 Å². The van der Waals surface area contributed by atoms with Gasteiger partial charge in [-0.25, -0.2) is 0 Å². The highest BCUT2D eigenvalue weighted by Crippen LogP contribution is 2.22. The molecule has 0 fully saturated rings. The summed E-state index contributed by atoms with van der Waals surface area (Å²) in [6.07, 6.45) is 1.90. The van der Waals surface area contributed by atoms with Gasteiger partial charge in [0.2, 0.25) is 0 Å². The maximum atomic E-state index is 4.01. The minimum atomic E-state index is 0.0706. The summed E-state index contributed by atoms with van der Waals surface area (Å²) in [5.41, 5.74) is 1.93. The van der Waals surface area contributed by atoms with Crippen molar-refractivity contribution in [2.75, 3.05) is 7.05 Å². The molecule has 10 heavy (non-hydrogen) atoms. The molecular formula is C7H12N2S. The summed E-state index contributed by atoms with van der Waals surface area (Å²) >= 11 is 1.68. The van der Waals surface area contributed by atoms with E-state index < -0.39 is 0 Å². The van der Waals surface area contributed by atoms with Crippen molar-refractivity contribution in [3.05, 3.63) is 16.6 Å². The maximum absolute atomic E-state index is 4.01. The molecule has 1 rings (SSSR count). The summed E-state index contributed by atoms with van der Waals surface area (Å²) in [6, 6.07) is 0. The van der Waals surface area contributed by atoms with Crippen molar-refractivity contribution in [2.24, 2.45) is 0 Å². The monoisotopic (exact) mass is 156 g/mol. The lowest BCUT2D eigenvalue weighted by molar-refractivity contribution is 0.453. The molecule has 0 amide bonds. The van der Waals surface area contributed by atoms with Gasteiger partial charge in [-0.3, -0.25) is 4.98 Å². The summed E-state index contributed by atoms with van der Waals surface area (Å²) in [4.78, 5) is 5.29. The van der Waals surface area contributed by atoms with E-state index in [-0.39, 0.29) is 5.54 Å². The van der Waals surface area contributed by atoms with E-state index in [2.05, 4.69) is 24.1 Å². The molecule has 0 bridgehead atoms. The maximum Gasteiger partial charge on any atom is 0.0794 e. The van der Waals surface area contributed by atoms with E-state index in [1.165, 1.54) is 4.88 Å². The van der Waals surface area contributed by atoms with Gasteiger partial charge in [0.25, 0.3) is 0 Å². The molecule has 0 aliphatic carbocycles. The van der Waals surface area contributed by atoms with Gasteiger partial charge in [-0.05, 0) is 20.9 Å². The minimum Gasteiger partial charge on any atom is -0.310 e. The van der Waals surface area contributed by atoms with Gasteiger partial charge in [0.05, 0.1) is 5.51 Å². The Morgan fingerprint density at radius 1 is 1.60 bits per heavy atom. The molecule has 0 aliphatic rings. The molecule has 0 aromatic carbocycles. The van der Waals surface area contributed by atoms with Crippen LogP contribution in [-0.4, -0.2) is 12.0 Å². The first-order chi connectivity index (χ1) is 4.67. The molecule has 0 atom stereocenters. The predicted molar refractivity (Wildman–Crippen MR) is 44.2 cm³/mol. The second-order valence-corrected chi connectivity index (χ2v) is 3.63. The van der Waals surface area contributed by atoms with Crippen LogP contribution >= 0.6 is 11.3 Å². The molecule has 1 N–H and O–H groups in total. The van der Waals surface area contributed by atoms with Crippen LogP contribution in [0.4, 0.5) is 0 Å². The second kappa shape index (κ2) is 2.68. The first-order valence-corrected chi connectivity index (χ1v) is 4.12. The van der Waals surface area contributed by atoms with Crippen molar-refractivity contribution in [3.63, 3.8) is 0 Å². The highest BCUT2D eigenvalue weighted by atomic mass is 32.1. The van der Waals surface area contributed by atoms with Crippen molar-refractivity contribution in [1.29, 1.82) is 0 Å². The predicted octanol–water partition coefficient (Wildman–Crippen LogP) is 1.60. The van der Waals surface area contributed by atoms with Crippen LogP contribution in [-0.2, 0) is 5.54 Å². The van der Waals surface area contributed by atoms with Gasteiger partial charge in [-0.15, -0.1) is 11.3 Å². The van der Waals surface area contributed by atoms with E-state index in [0.717, 1.165) is 0 Å². The lowest BCUT2D eigenvalue weighted by Gasteiger charge is -2.21. The normalized spacial score (nSPS) is 11.9. The molecule has 56 valence electrons. The summed E-state index contributed by atoms with van der Waals surface area (Å²) < 4.78 is 0. The number of aromatic nitrogens is 1. The topological polar surface area (TPSA) is 24.9 Å². The lowest BCUT2D eigenvalue weighted by Crippen LogP contribution is -2.31. The largest absolute Gasteiger partial charge is 0.310 e. The Hall–Kier alpha value is -0.410. The van der Waals surface area contributed by atoms with Gasteiger partial charge in [-0.2, -0.15) is 0 Å². The first kappa shape index (κ1) is 7.69. The van der Waals surface area contributed by atoms with E-state index >= 15 is 0 Å². The third-order valence-corrected chi connectivity index (χ3v) is 2.77. The third-order valence-electron chi connectivity index (χ3n) is 1.67. The van der Waals surface area contributed by atoms with Gasteiger partial charge in [0.15, 0.2) is 0 Å². The zero-order chi connectivity index (χ0) is 7.61. The molecule has 0 radical (unpaired) electrons. The van der Waals surface area contributed by atoms with E-state index in [0.29, 0.717) is 0 Å². The Bertz CT molecular complexity index is 191. The second-order valence-electron chi connectivity index (χ2n) is 2.74. The Kier molecular flexibility index (Phi) is 2.06. The first-order valence-electron chi connectivity index (χ1n) is 3.24. The molecule has 0 saturated heterocycles. The number of hydrogen-bond acceptors (Lipinski definition) is 3. The Balaban J connectivity index is 2.85. The summed E-state index contributed by atoms with van der Waals surface area (Å²) in [5, 5.41) is 3.21. The fourth-order valence-electron chi connectivity index (χ4n) is 0.648. The van der Waals surface area contributed by atoms with Crippen LogP contribution in [0, 0.1) is 0 Å². The minimum absolute atomic E-state index is 0.0706. The van der Waals surface area contributed by atoms with E-state index in [4.69, 9.17) is 0 Å². The number of thiazole rings is 1. The molecule has 2 nitrogen and oxygen atoms in total. The molecule has 0 unspecified atom stereocenters. The zero-order valence-corrected chi connectivity index (χ0v) is 7.33. The zero-order valence-electron chi connectivity index (χ0n) is 6.51. The molecule has 0 spiro atoms. The van der Waals surface area contributed by atoms with E-state index in [1.54, 1.807) is 11.3 Å². The molecule has 0 saturated carbocycles. The number of nitrogens with one attached hydrogen (secondary N) is 1. The number of nitrogens with zero attached hydrogens (tertiary/aromatic N) is 1. The van der Waals surface area contributed by atoms with Crippen molar-refractivity contribution in [2.45, 2.75) is 19.4 Å². The van der Waals surface area contributed by atoms with Crippen LogP contribution in [0.25, 0.3) is 0 Å². The van der Waals surface area contributed by atoms with Crippen molar-refractivity contribution >= 4 is 11.3 Å². The SMILES string of the molecule is CNC(C)(C)c1cncs1. The fourth-order valence-corrected chi connectivity index (χ4v) is 1.40. The number of hydrogen-bond donors (Lipinski definition) is 1. The van der Waals surface area contributed by atoms with Gasteiger partial charge in [0.1, 0.15) is 0 Å². The summed E-state index contributed by atoms with van der Waals surface area (Å²) in [5.74, 6) is 0. The standard InChI is InChI=1S/C7H12N2S/c1-7(2,8-3)6-4-9-5-10-6/h4-5,8H,1-3H3. The van der Waals surface area contributed by atoms with Crippen LogP contribution in [0.3, 0.4) is 0 Å². The van der Waals surface area contributed by atoms with Crippen LogP contribution < -0.4 is 5.32 Å². The fraction of sp³-hybridized carbons (Fsp3) is 0.571. The summed E-state index contributed by atoms with van der Waals surface area (Å²) in [6.45, 7) is 4.28. The Morgan fingerprint density at radius 2 is 2.30 bits per heavy atom. The van der Waals surface area contributed by atoms with Crippen LogP contribution in [0.2, 0.25) is 0 Å². The van der Waals surface area contributed by atoms with Crippen molar-refractivity contribution in [1.82, 2.24) is 10.3 Å². The average molecular weight is 156 g/mol. The molecule has 1 heterocycles. The quantitative estimate of drug-likeness (QED) is 0.703. The summed E-state index contributed by atoms with van der Waals surface area (Å²) in [7, 11) is 1.96. The van der Waals surface area contributed by atoms with Gasteiger partial charge in [0, 0.05) is 16.6 Å². The van der Waals surface area contributed by atoms with E-state index in [9.17, 15) is 0 Å². The van der Waals surface area contributed by atoms with E-state index in [1.807, 2.05) is 18.8 Å². The smallest absolute Gasteiger partial charge is 0.0794 e. The highest BCUT2D eigenvalue weighted by molar-refractivity contribution is 7.09. The third kappa shape index (κ3) is 1.36. The number of rotatable bonds is 2. The van der Waals surface area contributed by atoms with Crippen LogP contribution in [0.5, 0.6) is 0 Å².